The van der Waals surface area contributed by atoms with Crippen molar-refractivity contribution < 1.29 is 9.59 Å². The topological polar surface area (TPSA) is 49.4 Å². The van der Waals surface area contributed by atoms with E-state index in [4.69, 9.17) is 0 Å². The Morgan fingerprint density at radius 3 is 2.35 bits per heavy atom. The second-order valence-corrected chi connectivity index (χ2v) is 6.81. The molecule has 0 aromatic heterocycles. The number of nitrogens with one attached hydrogen (secondary N) is 1. The smallest absolute Gasteiger partial charge is 0.229 e. The standard InChI is InChI=1S/C19H26N2O2/c22-18(20-17-11-5-2-6-12-17)16-10-7-13-21(14-16)19(23)15-8-3-1-4-9-15/h2,5-6,11-12,15-16H,1,3-4,7-10,13-14H2,(H,20,22). The third-order valence-corrected chi connectivity index (χ3v) is 5.10. The molecule has 23 heavy (non-hydrogen) atoms. The van der Waals surface area contributed by atoms with Crippen LogP contribution in [-0.2, 0) is 9.59 Å². The van der Waals surface area contributed by atoms with Crippen LogP contribution in [0.1, 0.15) is 44.9 Å². The van der Waals surface area contributed by atoms with Crippen LogP contribution in [0.5, 0.6) is 0 Å². The minimum Gasteiger partial charge on any atom is -0.342 e. The number of piperidine rings is 1. The molecule has 0 radical (unpaired) electrons. The molecule has 1 heterocycles. The number of para-hydroxylation sites is 1. The summed E-state index contributed by atoms with van der Waals surface area (Å²) < 4.78 is 0. The van der Waals surface area contributed by atoms with Gasteiger partial charge in [-0.1, -0.05) is 37.5 Å². The summed E-state index contributed by atoms with van der Waals surface area (Å²) in [7, 11) is 0. The molecule has 1 aromatic carbocycles. The summed E-state index contributed by atoms with van der Waals surface area (Å²) in [5.41, 5.74) is 0.827. The van der Waals surface area contributed by atoms with Crippen molar-refractivity contribution in [3.63, 3.8) is 0 Å². The predicted octanol–water partition coefficient (Wildman–Crippen LogP) is 3.44. The lowest BCUT2D eigenvalue weighted by molar-refractivity contribution is -0.139. The Balaban J connectivity index is 1.57. The molecule has 1 aliphatic carbocycles. The molecule has 1 atom stereocenters. The number of anilines is 1. The molecular formula is C19H26N2O2. The van der Waals surface area contributed by atoms with E-state index in [0.29, 0.717) is 6.54 Å². The number of hydrogen-bond donors (Lipinski definition) is 1. The van der Waals surface area contributed by atoms with Crippen molar-refractivity contribution in [2.45, 2.75) is 44.9 Å². The number of likely N-dealkylation sites (tertiary alicyclic amines) is 1. The molecule has 124 valence electrons. The van der Waals surface area contributed by atoms with Gasteiger partial charge in [0.25, 0.3) is 0 Å². The van der Waals surface area contributed by atoms with Gasteiger partial charge in [-0.2, -0.15) is 0 Å². The highest BCUT2D eigenvalue weighted by molar-refractivity contribution is 5.93. The maximum Gasteiger partial charge on any atom is 0.229 e. The number of amides is 2. The van der Waals surface area contributed by atoms with E-state index in [1.807, 2.05) is 35.2 Å². The quantitative estimate of drug-likeness (QED) is 0.929. The molecule has 1 unspecified atom stereocenters. The zero-order chi connectivity index (χ0) is 16.1. The summed E-state index contributed by atoms with van der Waals surface area (Å²) in [5.74, 6) is 0.426. The molecule has 1 aromatic rings. The summed E-state index contributed by atoms with van der Waals surface area (Å²) in [6, 6.07) is 9.54. The normalized spacial score (nSPS) is 22.6. The van der Waals surface area contributed by atoms with Crippen LogP contribution in [0.4, 0.5) is 5.69 Å². The Hall–Kier alpha value is -1.84. The Labute approximate surface area is 138 Å². The fraction of sp³-hybridized carbons (Fsp3) is 0.579. The molecule has 1 N–H and O–H groups in total. The van der Waals surface area contributed by atoms with Crippen molar-refractivity contribution in [1.82, 2.24) is 4.90 Å². The van der Waals surface area contributed by atoms with Gasteiger partial charge < -0.3 is 10.2 Å². The number of benzene rings is 1. The van der Waals surface area contributed by atoms with Crippen molar-refractivity contribution in [2.75, 3.05) is 18.4 Å². The predicted molar refractivity (Wildman–Crippen MR) is 91.0 cm³/mol. The van der Waals surface area contributed by atoms with Crippen LogP contribution >= 0.6 is 0 Å². The first kappa shape index (κ1) is 16.0. The van der Waals surface area contributed by atoms with E-state index in [0.717, 1.165) is 37.9 Å². The molecule has 3 rings (SSSR count). The van der Waals surface area contributed by atoms with Gasteiger partial charge in [-0.05, 0) is 37.8 Å². The number of carbonyl (C=O) groups is 2. The van der Waals surface area contributed by atoms with Gasteiger partial charge in [0, 0.05) is 24.7 Å². The third kappa shape index (κ3) is 4.12. The second-order valence-electron chi connectivity index (χ2n) is 6.81. The van der Waals surface area contributed by atoms with E-state index in [2.05, 4.69) is 5.32 Å². The summed E-state index contributed by atoms with van der Waals surface area (Å²) >= 11 is 0. The number of nitrogens with zero attached hydrogens (tertiary/aromatic N) is 1. The van der Waals surface area contributed by atoms with Gasteiger partial charge in [0.2, 0.25) is 11.8 Å². The first-order chi connectivity index (χ1) is 11.2. The summed E-state index contributed by atoms with van der Waals surface area (Å²) in [6.07, 6.45) is 7.43. The monoisotopic (exact) mass is 314 g/mol. The molecular weight excluding hydrogens is 288 g/mol. The average molecular weight is 314 g/mol. The van der Waals surface area contributed by atoms with E-state index < -0.39 is 0 Å². The molecule has 2 fully saturated rings. The zero-order valence-corrected chi connectivity index (χ0v) is 13.7. The van der Waals surface area contributed by atoms with Crippen molar-refractivity contribution in [1.29, 1.82) is 0 Å². The Bertz CT molecular complexity index is 538. The van der Waals surface area contributed by atoms with Crippen LogP contribution in [0.25, 0.3) is 0 Å². The van der Waals surface area contributed by atoms with Gasteiger partial charge in [0.15, 0.2) is 0 Å². The van der Waals surface area contributed by atoms with Gasteiger partial charge >= 0.3 is 0 Å². The minimum atomic E-state index is -0.0866. The van der Waals surface area contributed by atoms with Crippen LogP contribution in [0.15, 0.2) is 30.3 Å². The van der Waals surface area contributed by atoms with Crippen molar-refractivity contribution in [3.8, 4) is 0 Å². The highest BCUT2D eigenvalue weighted by atomic mass is 16.2. The molecule has 0 spiro atoms. The highest BCUT2D eigenvalue weighted by Crippen LogP contribution is 2.28. The molecule has 4 nitrogen and oxygen atoms in total. The summed E-state index contributed by atoms with van der Waals surface area (Å²) in [5, 5.41) is 2.97. The Morgan fingerprint density at radius 1 is 0.913 bits per heavy atom. The van der Waals surface area contributed by atoms with Crippen molar-refractivity contribution >= 4 is 17.5 Å². The zero-order valence-electron chi connectivity index (χ0n) is 13.7. The molecule has 1 aliphatic heterocycles. The van der Waals surface area contributed by atoms with Gasteiger partial charge in [-0.25, -0.2) is 0 Å². The average Bonchev–Trinajstić information content (AvgIpc) is 2.63. The first-order valence-corrected chi connectivity index (χ1v) is 8.89. The number of carbonyl (C=O) groups excluding carboxylic acids is 2. The Morgan fingerprint density at radius 2 is 1.61 bits per heavy atom. The lowest BCUT2D eigenvalue weighted by Gasteiger charge is -2.35. The summed E-state index contributed by atoms with van der Waals surface area (Å²) in [4.78, 5) is 27.1. The van der Waals surface area contributed by atoms with Gasteiger partial charge in [0.1, 0.15) is 0 Å². The number of rotatable bonds is 3. The fourth-order valence-corrected chi connectivity index (χ4v) is 3.76. The lowest BCUT2D eigenvalue weighted by atomic mass is 9.87. The third-order valence-electron chi connectivity index (χ3n) is 5.10. The maximum atomic E-state index is 12.7. The van der Waals surface area contributed by atoms with Crippen LogP contribution < -0.4 is 5.32 Å². The SMILES string of the molecule is O=C(Nc1ccccc1)C1CCCN(C(=O)C2CCCCC2)C1. The molecule has 1 saturated carbocycles. The van der Waals surface area contributed by atoms with Crippen LogP contribution in [0.3, 0.4) is 0 Å². The van der Waals surface area contributed by atoms with Gasteiger partial charge in [-0.3, -0.25) is 9.59 Å². The number of hydrogen-bond acceptors (Lipinski definition) is 2. The largest absolute Gasteiger partial charge is 0.342 e. The molecule has 1 saturated heterocycles. The minimum absolute atomic E-state index is 0.0392. The maximum absolute atomic E-state index is 12.7. The van der Waals surface area contributed by atoms with Crippen molar-refractivity contribution in [3.05, 3.63) is 30.3 Å². The van der Waals surface area contributed by atoms with E-state index in [1.54, 1.807) is 0 Å². The van der Waals surface area contributed by atoms with E-state index in [9.17, 15) is 9.59 Å². The van der Waals surface area contributed by atoms with E-state index in [-0.39, 0.29) is 23.7 Å². The second kappa shape index (κ2) is 7.62. The van der Waals surface area contributed by atoms with Crippen molar-refractivity contribution in [2.24, 2.45) is 11.8 Å². The summed E-state index contributed by atoms with van der Waals surface area (Å²) in [6.45, 7) is 1.39. The van der Waals surface area contributed by atoms with Gasteiger partial charge in [0.05, 0.1) is 5.92 Å². The molecule has 2 amide bonds. The molecule has 2 aliphatic rings. The lowest BCUT2D eigenvalue weighted by Crippen LogP contribution is -2.46. The van der Waals surface area contributed by atoms with E-state index >= 15 is 0 Å². The first-order valence-electron chi connectivity index (χ1n) is 8.89. The molecule has 4 heteroatoms. The van der Waals surface area contributed by atoms with Crippen LogP contribution in [0, 0.1) is 11.8 Å². The van der Waals surface area contributed by atoms with Gasteiger partial charge in [-0.15, -0.1) is 0 Å². The molecule has 0 bridgehead atoms. The highest BCUT2D eigenvalue weighted by Gasteiger charge is 2.32. The Kier molecular flexibility index (Phi) is 5.31. The fourth-order valence-electron chi connectivity index (χ4n) is 3.76. The van der Waals surface area contributed by atoms with Crippen LogP contribution in [-0.4, -0.2) is 29.8 Å². The van der Waals surface area contributed by atoms with Crippen LogP contribution in [0.2, 0.25) is 0 Å². The van der Waals surface area contributed by atoms with E-state index in [1.165, 1.54) is 19.3 Å².